The largest absolute Gasteiger partial charge is 0.341 e. The van der Waals surface area contributed by atoms with Crippen molar-refractivity contribution in [3.05, 3.63) is 0 Å². The molecule has 1 heterocycles. The molecule has 0 aromatic carbocycles. The molecule has 1 aliphatic rings. The standard InChI is InChI=1S/C11H22N2O3S/c1-10(4-2-5-12)11(14)13-6-3-8-17(15,16)9-7-13/h10H,2-9,12H2,1H3. The first-order valence-corrected chi connectivity index (χ1v) is 7.97. The summed E-state index contributed by atoms with van der Waals surface area (Å²) in [7, 11) is -2.94. The van der Waals surface area contributed by atoms with Crippen LogP contribution in [0.3, 0.4) is 0 Å². The summed E-state index contributed by atoms with van der Waals surface area (Å²) in [6.07, 6.45) is 2.16. The van der Waals surface area contributed by atoms with E-state index in [1.165, 1.54) is 0 Å². The van der Waals surface area contributed by atoms with E-state index in [4.69, 9.17) is 5.73 Å². The van der Waals surface area contributed by atoms with Crippen LogP contribution >= 0.6 is 0 Å². The monoisotopic (exact) mass is 262 g/mol. The van der Waals surface area contributed by atoms with Crippen LogP contribution in [0.4, 0.5) is 0 Å². The van der Waals surface area contributed by atoms with Crippen molar-refractivity contribution in [2.24, 2.45) is 11.7 Å². The molecule has 1 unspecified atom stereocenters. The number of amides is 1. The van der Waals surface area contributed by atoms with Gasteiger partial charge < -0.3 is 10.6 Å². The molecule has 0 radical (unpaired) electrons. The van der Waals surface area contributed by atoms with Gasteiger partial charge in [0.2, 0.25) is 5.91 Å². The van der Waals surface area contributed by atoms with E-state index in [2.05, 4.69) is 0 Å². The highest BCUT2D eigenvalue weighted by Crippen LogP contribution is 2.12. The number of hydrogen-bond donors (Lipinski definition) is 1. The van der Waals surface area contributed by atoms with Crippen LogP contribution in [0.1, 0.15) is 26.2 Å². The second-order valence-electron chi connectivity index (χ2n) is 4.66. The Morgan fingerprint density at radius 1 is 1.35 bits per heavy atom. The van der Waals surface area contributed by atoms with Gasteiger partial charge in [-0.3, -0.25) is 4.79 Å². The number of carbonyl (C=O) groups excluding carboxylic acids is 1. The van der Waals surface area contributed by atoms with Gasteiger partial charge in [0.25, 0.3) is 0 Å². The fourth-order valence-corrected chi connectivity index (χ4v) is 3.29. The third-order valence-corrected chi connectivity index (χ3v) is 4.85. The fraction of sp³-hybridized carbons (Fsp3) is 0.909. The predicted molar refractivity (Wildman–Crippen MR) is 67.3 cm³/mol. The third-order valence-electron chi connectivity index (χ3n) is 3.13. The molecule has 17 heavy (non-hydrogen) atoms. The molecule has 0 spiro atoms. The van der Waals surface area contributed by atoms with Crippen LogP contribution in [0.25, 0.3) is 0 Å². The van der Waals surface area contributed by atoms with Crippen molar-refractivity contribution < 1.29 is 13.2 Å². The molecule has 1 rings (SSSR count). The van der Waals surface area contributed by atoms with Gasteiger partial charge in [-0.05, 0) is 25.8 Å². The van der Waals surface area contributed by atoms with Crippen molar-refractivity contribution in [1.29, 1.82) is 0 Å². The first-order chi connectivity index (χ1) is 7.96. The van der Waals surface area contributed by atoms with Crippen LogP contribution in [0, 0.1) is 5.92 Å². The van der Waals surface area contributed by atoms with E-state index in [0.29, 0.717) is 26.1 Å². The molecule has 6 heteroatoms. The Balaban J connectivity index is 2.52. The lowest BCUT2D eigenvalue weighted by Gasteiger charge is -2.23. The molecule has 0 aromatic heterocycles. The minimum absolute atomic E-state index is 0.0562. The molecular weight excluding hydrogens is 240 g/mol. The summed E-state index contributed by atoms with van der Waals surface area (Å²) in [5.41, 5.74) is 5.41. The number of carbonyl (C=O) groups is 1. The van der Waals surface area contributed by atoms with Crippen LogP contribution in [0.5, 0.6) is 0 Å². The highest BCUT2D eigenvalue weighted by Gasteiger charge is 2.25. The van der Waals surface area contributed by atoms with Gasteiger partial charge in [0.1, 0.15) is 0 Å². The molecule has 0 aliphatic carbocycles. The molecule has 2 N–H and O–H groups in total. The first kappa shape index (κ1) is 14.4. The van der Waals surface area contributed by atoms with Crippen molar-refractivity contribution in [1.82, 2.24) is 4.90 Å². The Kier molecular flexibility index (Phi) is 5.39. The minimum atomic E-state index is -2.94. The summed E-state index contributed by atoms with van der Waals surface area (Å²) in [6, 6.07) is 0. The Bertz CT molecular complexity index is 354. The predicted octanol–water partition coefficient (Wildman–Crippen LogP) is 0.00850. The van der Waals surface area contributed by atoms with E-state index < -0.39 is 9.84 Å². The average molecular weight is 262 g/mol. The van der Waals surface area contributed by atoms with Crippen molar-refractivity contribution in [2.45, 2.75) is 26.2 Å². The molecule has 0 bridgehead atoms. The van der Waals surface area contributed by atoms with Crippen molar-refractivity contribution >= 4 is 15.7 Å². The maximum absolute atomic E-state index is 12.1. The topological polar surface area (TPSA) is 80.5 Å². The number of rotatable bonds is 4. The van der Waals surface area contributed by atoms with Gasteiger partial charge in [0, 0.05) is 19.0 Å². The summed E-state index contributed by atoms with van der Waals surface area (Å²) in [4.78, 5) is 13.7. The van der Waals surface area contributed by atoms with Gasteiger partial charge in [-0.25, -0.2) is 8.42 Å². The molecule has 0 aromatic rings. The molecule has 100 valence electrons. The van der Waals surface area contributed by atoms with E-state index in [0.717, 1.165) is 12.8 Å². The number of nitrogens with two attached hydrogens (primary N) is 1. The second kappa shape index (κ2) is 6.35. The maximum atomic E-state index is 12.1. The lowest BCUT2D eigenvalue weighted by atomic mass is 10.0. The molecule has 1 fully saturated rings. The van der Waals surface area contributed by atoms with Gasteiger partial charge in [0.05, 0.1) is 11.5 Å². The van der Waals surface area contributed by atoms with Crippen LogP contribution in [-0.4, -0.2) is 50.4 Å². The SMILES string of the molecule is CC(CCCN)C(=O)N1CCCS(=O)(=O)CC1. The van der Waals surface area contributed by atoms with Gasteiger partial charge in [-0.15, -0.1) is 0 Å². The zero-order chi connectivity index (χ0) is 12.9. The molecule has 1 atom stereocenters. The number of hydrogen-bond acceptors (Lipinski definition) is 4. The highest BCUT2D eigenvalue weighted by molar-refractivity contribution is 7.91. The third kappa shape index (κ3) is 4.63. The van der Waals surface area contributed by atoms with Crippen LogP contribution < -0.4 is 5.73 Å². The van der Waals surface area contributed by atoms with E-state index in [-0.39, 0.29) is 23.3 Å². The quantitative estimate of drug-likeness (QED) is 0.774. The van der Waals surface area contributed by atoms with Crippen LogP contribution in [0.2, 0.25) is 0 Å². The van der Waals surface area contributed by atoms with E-state index in [9.17, 15) is 13.2 Å². The maximum Gasteiger partial charge on any atom is 0.225 e. The molecule has 5 nitrogen and oxygen atoms in total. The zero-order valence-corrected chi connectivity index (χ0v) is 11.2. The average Bonchev–Trinajstić information content (AvgIpc) is 2.46. The molecule has 1 saturated heterocycles. The van der Waals surface area contributed by atoms with Gasteiger partial charge in [-0.1, -0.05) is 6.92 Å². The summed E-state index contributed by atoms with van der Waals surface area (Å²) >= 11 is 0. The summed E-state index contributed by atoms with van der Waals surface area (Å²) in [6.45, 7) is 3.38. The van der Waals surface area contributed by atoms with Crippen LogP contribution in [0.15, 0.2) is 0 Å². The Labute approximate surface area is 103 Å². The zero-order valence-electron chi connectivity index (χ0n) is 10.4. The highest BCUT2D eigenvalue weighted by atomic mass is 32.2. The molecule has 1 aliphatic heterocycles. The summed E-state index contributed by atoms with van der Waals surface area (Å²) in [5, 5.41) is 0. The Morgan fingerprint density at radius 3 is 2.71 bits per heavy atom. The summed E-state index contributed by atoms with van der Waals surface area (Å²) < 4.78 is 22.9. The Morgan fingerprint density at radius 2 is 2.06 bits per heavy atom. The van der Waals surface area contributed by atoms with E-state index >= 15 is 0 Å². The van der Waals surface area contributed by atoms with Crippen molar-refractivity contribution in [2.75, 3.05) is 31.1 Å². The number of sulfone groups is 1. The van der Waals surface area contributed by atoms with Gasteiger partial charge in [0.15, 0.2) is 9.84 Å². The van der Waals surface area contributed by atoms with Gasteiger partial charge in [-0.2, -0.15) is 0 Å². The van der Waals surface area contributed by atoms with Crippen molar-refractivity contribution in [3.63, 3.8) is 0 Å². The van der Waals surface area contributed by atoms with Crippen LogP contribution in [-0.2, 0) is 14.6 Å². The minimum Gasteiger partial charge on any atom is -0.341 e. The first-order valence-electron chi connectivity index (χ1n) is 6.15. The van der Waals surface area contributed by atoms with E-state index in [1.54, 1.807) is 4.90 Å². The Hall–Kier alpha value is -0.620. The summed E-state index contributed by atoms with van der Waals surface area (Å²) in [5.74, 6) is 0.311. The molecule has 1 amide bonds. The number of nitrogens with zero attached hydrogens (tertiary/aromatic N) is 1. The fourth-order valence-electron chi connectivity index (χ4n) is 2.02. The van der Waals surface area contributed by atoms with E-state index in [1.807, 2.05) is 6.92 Å². The normalized spacial score (nSPS) is 21.9. The second-order valence-corrected chi connectivity index (χ2v) is 6.97. The smallest absolute Gasteiger partial charge is 0.225 e. The molecular formula is C11H22N2O3S. The lowest BCUT2D eigenvalue weighted by molar-refractivity contribution is -0.134. The van der Waals surface area contributed by atoms with Gasteiger partial charge >= 0.3 is 0 Å². The van der Waals surface area contributed by atoms with Crippen molar-refractivity contribution in [3.8, 4) is 0 Å². The molecule has 0 saturated carbocycles. The lowest BCUT2D eigenvalue weighted by Crippen LogP contribution is -2.37.